The molecule has 0 fully saturated rings. The van der Waals surface area contributed by atoms with Gasteiger partial charge >= 0.3 is 0 Å². The zero-order chi connectivity index (χ0) is 14.7. The molecule has 1 N–H and O–H groups in total. The Morgan fingerprint density at radius 3 is 2.76 bits per heavy atom. The minimum atomic E-state index is 0.0299. The molecule has 1 amide bonds. The first-order chi connectivity index (χ1) is 10.2. The molecule has 1 aromatic heterocycles. The lowest BCUT2D eigenvalue weighted by Crippen LogP contribution is -2.24. The van der Waals surface area contributed by atoms with Gasteiger partial charge in [-0.25, -0.2) is 4.98 Å². The zero-order valence-corrected chi connectivity index (χ0v) is 11.9. The van der Waals surface area contributed by atoms with Crippen LogP contribution in [-0.4, -0.2) is 15.5 Å². The first-order valence-corrected chi connectivity index (χ1v) is 6.93. The average Bonchev–Trinajstić information content (AvgIpc) is 2.87. The van der Waals surface area contributed by atoms with Crippen molar-refractivity contribution in [1.29, 1.82) is 0 Å². The predicted molar refractivity (Wildman–Crippen MR) is 82.7 cm³/mol. The van der Waals surface area contributed by atoms with Crippen LogP contribution < -0.4 is 5.32 Å². The number of hydrogen-bond acceptors (Lipinski definition) is 2. The molecule has 0 spiro atoms. The molecule has 21 heavy (non-hydrogen) atoms. The van der Waals surface area contributed by atoms with E-state index in [1.54, 1.807) is 6.33 Å². The van der Waals surface area contributed by atoms with Crippen molar-refractivity contribution in [2.24, 2.45) is 7.05 Å². The lowest BCUT2D eigenvalue weighted by Gasteiger charge is -2.06. The second-order valence-electron chi connectivity index (χ2n) is 5.12. The maximum Gasteiger partial charge on any atom is 0.224 e. The van der Waals surface area contributed by atoms with Crippen LogP contribution in [0.4, 0.5) is 0 Å². The molecule has 4 nitrogen and oxygen atoms in total. The predicted octanol–water partition coefficient (Wildman–Crippen LogP) is 2.43. The number of rotatable bonds is 4. The summed E-state index contributed by atoms with van der Waals surface area (Å²) in [5.41, 5.74) is 4.12. The Kier molecular flexibility index (Phi) is 3.69. The van der Waals surface area contributed by atoms with Crippen LogP contribution in [0.25, 0.3) is 11.0 Å². The van der Waals surface area contributed by atoms with Gasteiger partial charge in [0.25, 0.3) is 0 Å². The summed E-state index contributed by atoms with van der Waals surface area (Å²) in [6.07, 6.45) is 2.20. The van der Waals surface area contributed by atoms with E-state index in [9.17, 15) is 4.79 Å². The van der Waals surface area contributed by atoms with Crippen LogP contribution in [0.2, 0.25) is 0 Å². The third-order valence-electron chi connectivity index (χ3n) is 3.49. The molecular formula is C17H17N3O. The first kappa shape index (κ1) is 13.4. The van der Waals surface area contributed by atoms with Crippen LogP contribution in [-0.2, 0) is 24.8 Å². The van der Waals surface area contributed by atoms with E-state index in [-0.39, 0.29) is 5.91 Å². The van der Waals surface area contributed by atoms with Crippen LogP contribution in [0.15, 0.2) is 54.9 Å². The van der Waals surface area contributed by atoms with Gasteiger partial charge in [-0.15, -0.1) is 0 Å². The summed E-state index contributed by atoms with van der Waals surface area (Å²) >= 11 is 0. The third-order valence-corrected chi connectivity index (χ3v) is 3.49. The van der Waals surface area contributed by atoms with Crippen LogP contribution in [0.5, 0.6) is 0 Å². The van der Waals surface area contributed by atoms with Crippen LogP contribution in [0.3, 0.4) is 0 Å². The number of benzene rings is 2. The van der Waals surface area contributed by atoms with Crippen LogP contribution >= 0.6 is 0 Å². The number of hydrogen-bond donors (Lipinski definition) is 1. The number of nitrogens with zero attached hydrogens (tertiary/aromatic N) is 2. The fourth-order valence-electron chi connectivity index (χ4n) is 2.34. The van der Waals surface area contributed by atoms with E-state index in [1.807, 2.05) is 60.1 Å². The van der Waals surface area contributed by atoms with Gasteiger partial charge in [0.05, 0.1) is 23.8 Å². The van der Waals surface area contributed by atoms with Gasteiger partial charge in [-0.1, -0.05) is 36.4 Å². The fourth-order valence-corrected chi connectivity index (χ4v) is 2.34. The number of aromatic nitrogens is 2. The third kappa shape index (κ3) is 3.11. The number of carbonyl (C=O) groups excluding carboxylic acids is 1. The zero-order valence-electron chi connectivity index (χ0n) is 11.9. The van der Waals surface area contributed by atoms with Gasteiger partial charge in [0, 0.05) is 13.6 Å². The second-order valence-corrected chi connectivity index (χ2v) is 5.12. The average molecular weight is 279 g/mol. The van der Waals surface area contributed by atoms with Crippen molar-refractivity contribution in [3.8, 4) is 0 Å². The number of carbonyl (C=O) groups is 1. The van der Waals surface area contributed by atoms with Crippen molar-refractivity contribution >= 4 is 16.9 Å². The Balaban J connectivity index is 1.62. The molecule has 4 heteroatoms. The van der Waals surface area contributed by atoms with Gasteiger partial charge in [0.15, 0.2) is 0 Å². The number of nitrogens with one attached hydrogen (secondary N) is 1. The Bertz CT molecular complexity index is 762. The van der Waals surface area contributed by atoms with Gasteiger partial charge in [-0.3, -0.25) is 4.79 Å². The van der Waals surface area contributed by atoms with Crippen molar-refractivity contribution in [2.45, 2.75) is 13.0 Å². The fraction of sp³-hybridized carbons (Fsp3) is 0.176. The van der Waals surface area contributed by atoms with Crippen molar-refractivity contribution in [2.75, 3.05) is 0 Å². The molecule has 0 aliphatic heterocycles. The summed E-state index contributed by atoms with van der Waals surface area (Å²) in [4.78, 5) is 16.2. The van der Waals surface area contributed by atoms with Crippen molar-refractivity contribution in [3.63, 3.8) is 0 Å². The molecule has 0 aliphatic carbocycles. The summed E-state index contributed by atoms with van der Waals surface area (Å²) in [6, 6.07) is 15.8. The summed E-state index contributed by atoms with van der Waals surface area (Å²) in [5.74, 6) is 0.0299. The summed E-state index contributed by atoms with van der Waals surface area (Å²) in [6.45, 7) is 0.526. The standard InChI is InChI=1S/C17H17N3O/c1-20-12-19-15-9-14(7-8-16(15)20)11-18-17(21)10-13-5-3-2-4-6-13/h2-9,12H,10-11H2,1H3,(H,18,21). The van der Waals surface area contributed by atoms with Crippen molar-refractivity contribution in [1.82, 2.24) is 14.9 Å². The van der Waals surface area contributed by atoms with E-state index in [1.165, 1.54) is 0 Å². The van der Waals surface area contributed by atoms with Gasteiger partial charge in [0.1, 0.15) is 0 Å². The van der Waals surface area contributed by atoms with E-state index in [0.717, 1.165) is 22.2 Å². The van der Waals surface area contributed by atoms with E-state index in [4.69, 9.17) is 0 Å². The SMILES string of the molecule is Cn1cnc2cc(CNC(=O)Cc3ccccc3)ccc21. The highest BCUT2D eigenvalue weighted by Gasteiger charge is 2.05. The molecule has 0 saturated carbocycles. The lowest BCUT2D eigenvalue weighted by molar-refractivity contribution is -0.120. The topological polar surface area (TPSA) is 46.9 Å². The molecule has 3 rings (SSSR count). The number of aryl methyl sites for hydroxylation is 1. The quantitative estimate of drug-likeness (QED) is 0.797. The van der Waals surface area contributed by atoms with Gasteiger partial charge in [-0.2, -0.15) is 0 Å². The van der Waals surface area contributed by atoms with Gasteiger partial charge < -0.3 is 9.88 Å². The largest absolute Gasteiger partial charge is 0.352 e. The summed E-state index contributed by atoms with van der Waals surface area (Å²) in [5, 5.41) is 2.95. The highest BCUT2D eigenvalue weighted by molar-refractivity contribution is 5.79. The number of imidazole rings is 1. The molecule has 2 aromatic carbocycles. The van der Waals surface area contributed by atoms with E-state index >= 15 is 0 Å². The first-order valence-electron chi connectivity index (χ1n) is 6.93. The van der Waals surface area contributed by atoms with Gasteiger partial charge in [-0.05, 0) is 23.3 Å². The smallest absolute Gasteiger partial charge is 0.224 e. The van der Waals surface area contributed by atoms with Crippen molar-refractivity contribution in [3.05, 3.63) is 66.0 Å². The van der Waals surface area contributed by atoms with Crippen LogP contribution in [0.1, 0.15) is 11.1 Å². The molecule has 1 heterocycles. The highest BCUT2D eigenvalue weighted by atomic mass is 16.1. The van der Waals surface area contributed by atoms with E-state index in [0.29, 0.717) is 13.0 Å². The Hall–Kier alpha value is -2.62. The molecule has 0 aliphatic rings. The second kappa shape index (κ2) is 5.79. The Labute approximate surface area is 123 Å². The molecule has 0 bridgehead atoms. The maximum absolute atomic E-state index is 11.9. The molecule has 0 radical (unpaired) electrons. The minimum absolute atomic E-state index is 0.0299. The highest BCUT2D eigenvalue weighted by Crippen LogP contribution is 2.13. The van der Waals surface area contributed by atoms with Crippen LogP contribution in [0, 0.1) is 0 Å². The van der Waals surface area contributed by atoms with Crippen molar-refractivity contribution < 1.29 is 4.79 Å². The maximum atomic E-state index is 11.9. The monoisotopic (exact) mass is 279 g/mol. The Morgan fingerprint density at radius 2 is 1.95 bits per heavy atom. The molecule has 0 atom stereocenters. The lowest BCUT2D eigenvalue weighted by atomic mass is 10.1. The number of amides is 1. The molecule has 106 valence electrons. The number of fused-ring (bicyclic) bond motifs is 1. The minimum Gasteiger partial charge on any atom is -0.352 e. The Morgan fingerprint density at radius 1 is 1.14 bits per heavy atom. The molecular weight excluding hydrogens is 262 g/mol. The van der Waals surface area contributed by atoms with E-state index < -0.39 is 0 Å². The normalized spacial score (nSPS) is 10.7. The summed E-state index contributed by atoms with van der Waals surface area (Å²) < 4.78 is 1.98. The molecule has 0 saturated heterocycles. The van der Waals surface area contributed by atoms with Gasteiger partial charge in [0.2, 0.25) is 5.91 Å². The van der Waals surface area contributed by atoms with E-state index in [2.05, 4.69) is 10.3 Å². The molecule has 0 unspecified atom stereocenters. The molecule has 3 aromatic rings. The summed E-state index contributed by atoms with van der Waals surface area (Å²) in [7, 11) is 1.97.